The van der Waals surface area contributed by atoms with Crippen molar-refractivity contribution >= 4 is 11.4 Å². The van der Waals surface area contributed by atoms with E-state index in [0.717, 1.165) is 48.2 Å². The van der Waals surface area contributed by atoms with Crippen LogP contribution in [-0.2, 0) is 25.7 Å². The Kier molecular flexibility index (Phi) is 5.62. The van der Waals surface area contributed by atoms with Gasteiger partial charge in [0.15, 0.2) is 0 Å². The third kappa shape index (κ3) is 4.59. The average molecular weight is 403 g/mol. The molecule has 2 nitrogen and oxygen atoms in total. The van der Waals surface area contributed by atoms with Crippen molar-refractivity contribution in [3.8, 4) is 0 Å². The quantitative estimate of drug-likeness (QED) is 0.308. The van der Waals surface area contributed by atoms with Crippen molar-refractivity contribution in [3.05, 3.63) is 137 Å². The molecule has 0 aromatic heterocycles. The van der Waals surface area contributed by atoms with Gasteiger partial charge in [-0.1, -0.05) is 97.1 Å². The highest BCUT2D eigenvalue weighted by Gasteiger charge is 2.10. The molecule has 0 radical (unpaired) electrons. The zero-order chi connectivity index (χ0) is 20.9. The summed E-state index contributed by atoms with van der Waals surface area (Å²) in [4.78, 5) is 0. The second kappa shape index (κ2) is 9.01. The molecule has 0 fully saturated rings. The van der Waals surface area contributed by atoms with Gasteiger partial charge in [-0.25, -0.2) is 0 Å². The van der Waals surface area contributed by atoms with E-state index in [9.17, 15) is 0 Å². The van der Waals surface area contributed by atoms with Gasteiger partial charge in [-0.2, -0.15) is 5.10 Å². The van der Waals surface area contributed by atoms with Gasteiger partial charge in [0.05, 0.1) is 11.4 Å². The third-order valence-corrected chi connectivity index (χ3v) is 5.97. The summed E-state index contributed by atoms with van der Waals surface area (Å²) in [5.74, 6) is 0. The summed E-state index contributed by atoms with van der Waals surface area (Å²) in [5, 5.41) is 4.91. The first-order valence-corrected chi connectivity index (χ1v) is 11.0. The largest absolute Gasteiger partial charge is 0.278 e. The molecule has 4 aliphatic rings. The fourth-order valence-corrected chi connectivity index (χ4v) is 4.15. The van der Waals surface area contributed by atoms with Gasteiger partial charge in [-0.15, -0.1) is 0 Å². The molecule has 0 atom stereocenters. The average Bonchev–Trinajstić information content (AvgIpc) is 2.83. The standard InChI is InChI=1S/C29H26N2/c1-3-7-26(8-4-1)29(27-9-5-2-6-10-27)31-30-28-21-24-16-15-22-11-13-23(14-12-22)17-19-25(28)20-18-24/h1-14,18,20-21,30H,15-17,19H2. The number of hydrazone groups is 1. The van der Waals surface area contributed by atoms with Crippen LogP contribution in [0.4, 0.5) is 5.69 Å². The highest BCUT2D eigenvalue weighted by Crippen LogP contribution is 2.23. The summed E-state index contributed by atoms with van der Waals surface area (Å²) in [6.45, 7) is 0. The molecule has 4 aromatic carbocycles. The van der Waals surface area contributed by atoms with E-state index in [1.807, 2.05) is 12.1 Å². The minimum atomic E-state index is 0.952. The van der Waals surface area contributed by atoms with Gasteiger partial charge in [0.25, 0.3) is 0 Å². The van der Waals surface area contributed by atoms with Crippen molar-refractivity contribution in [2.45, 2.75) is 25.7 Å². The van der Waals surface area contributed by atoms with E-state index in [4.69, 9.17) is 5.10 Å². The van der Waals surface area contributed by atoms with Crippen molar-refractivity contribution in [1.29, 1.82) is 0 Å². The SMILES string of the molecule is c1ccc(C(=NNc2cc3ccc2CCc2ccc(cc2)CC3)c2ccccc2)cc1. The van der Waals surface area contributed by atoms with Crippen LogP contribution in [0.1, 0.15) is 33.4 Å². The fraction of sp³-hybridized carbons (Fsp3) is 0.138. The van der Waals surface area contributed by atoms with Crippen molar-refractivity contribution in [3.63, 3.8) is 0 Å². The molecule has 0 unspecified atom stereocenters. The maximum Gasteiger partial charge on any atom is 0.0977 e. The van der Waals surface area contributed by atoms with Crippen LogP contribution in [0.15, 0.2) is 108 Å². The lowest BCUT2D eigenvalue weighted by molar-refractivity contribution is 0.921. The molecule has 2 heteroatoms. The fourth-order valence-electron chi connectivity index (χ4n) is 4.15. The number of nitrogens with zero attached hydrogens (tertiary/aromatic N) is 1. The van der Waals surface area contributed by atoms with Gasteiger partial charge in [0.2, 0.25) is 0 Å². The van der Waals surface area contributed by atoms with Gasteiger partial charge < -0.3 is 0 Å². The predicted molar refractivity (Wildman–Crippen MR) is 130 cm³/mol. The minimum Gasteiger partial charge on any atom is -0.278 e. The van der Waals surface area contributed by atoms with Crippen LogP contribution in [0.25, 0.3) is 0 Å². The van der Waals surface area contributed by atoms with Crippen molar-refractivity contribution in [1.82, 2.24) is 0 Å². The topological polar surface area (TPSA) is 24.4 Å². The second-order valence-corrected chi connectivity index (χ2v) is 8.11. The van der Waals surface area contributed by atoms with Crippen LogP contribution >= 0.6 is 0 Å². The summed E-state index contributed by atoms with van der Waals surface area (Å²) in [7, 11) is 0. The van der Waals surface area contributed by atoms with Gasteiger partial charge in [-0.05, 0) is 54.0 Å². The molecule has 4 aliphatic carbocycles. The van der Waals surface area contributed by atoms with Gasteiger partial charge in [0.1, 0.15) is 0 Å². The molecular weight excluding hydrogens is 376 g/mol. The number of hydrogen-bond donors (Lipinski definition) is 1. The Morgan fingerprint density at radius 1 is 0.548 bits per heavy atom. The lowest BCUT2D eigenvalue weighted by Gasteiger charge is -2.15. The number of hydrogen-bond acceptors (Lipinski definition) is 2. The number of rotatable bonds is 4. The van der Waals surface area contributed by atoms with E-state index in [1.54, 1.807) is 0 Å². The van der Waals surface area contributed by atoms with Crippen molar-refractivity contribution < 1.29 is 0 Å². The van der Waals surface area contributed by atoms with Crippen LogP contribution < -0.4 is 5.43 Å². The second-order valence-electron chi connectivity index (χ2n) is 8.11. The van der Waals surface area contributed by atoms with Gasteiger partial charge in [-0.3, -0.25) is 5.43 Å². The molecule has 4 bridgehead atoms. The predicted octanol–water partition coefficient (Wildman–Crippen LogP) is 6.43. The molecule has 0 saturated carbocycles. The van der Waals surface area contributed by atoms with Crippen LogP contribution in [-0.4, -0.2) is 5.71 Å². The summed E-state index contributed by atoms with van der Waals surface area (Å²) >= 11 is 0. The highest BCUT2D eigenvalue weighted by atomic mass is 15.3. The molecule has 4 aromatic rings. The van der Waals surface area contributed by atoms with Gasteiger partial charge in [0, 0.05) is 11.1 Å². The number of anilines is 1. The summed E-state index contributed by atoms with van der Waals surface area (Å²) < 4.78 is 0. The minimum absolute atomic E-state index is 0.952. The Hall–Kier alpha value is -3.65. The molecule has 0 amide bonds. The zero-order valence-corrected chi connectivity index (χ0v) is 17.6. The molecule has 0 heterocycles. The van der Waals surface area contributed by atoms with Gasteiger partial charge >= 0.3 is 0 Å². The molecular formula is C29H26N2. The monoisotopic (exact) mass is 402 g/mol. The summed E-state index contributed by atoms with van der Waals surface area (Å²) in [5.41, 5.74) is 13.1. The number of benzene rings is 4. The first kappa shape index (κ1) is 19.3. The highest BCUT2D eigenvalue weighted by molar-refractivity contribution is 6.13. The van der Waals surface area contributed by atoms with E-state index in [1.165, 1.54) is 22.3 Å². The third-order valence-electron chi connectivity index (χ3n) is 5.97. The molecule has 0 spiro atoms. The van der Waals surface area contributed by atoms with Crippen LogP contribution in [0.2, 0.25) is 0 Å². The van der Waals surface area contributed by atoms with E-state index in [-0.39, 0.29) is 0 Å². The number of aryl methyl sites for hydroxylation is 4. The van der Waals surface area contributed by atoms with Crippen LogP contribution in [0.3, 0.4) is 0 Å². The summed E-state index contributed by atoms with van der Waals surface area (Å²) in [6.07, 6.45) is 4.11. The molecule has 31 heavy (non-hydrogen) atoms. The van der Waals surface area contributed by atoms with Crippen molar-refractivity contribution in [2.24, 2.45) is 5.10 Å². The maximum atomic E-state index is 4.91. The van der Waals surface area contributed by atoms with E-state index in [2.05, 4.69) is 96.4 Å². The Morgan fingerprint density at radius 3 is 1.68 bits per heavy atom. The van der Waals surface area contributed by atoms with Crippen LogP contribution in [0, 0.1) is 0 Å². The Morgan fingerprint density at radius 2 is 1.06 bits per heavy atom. The normalized spacial score (nSPS) is 12.6. The molecule has 1 N–H and O–H groups in total. The summed E-state index contributed by atoms with van der Waals surface area (Å²) in [6, 6.07) is 36.7. The van der Waals surface area contributed by atoms with Crippen molar-refractivity contribution in [2.75, 3.05) is 5.43 Å². The Balaban J connectivity index is 1.50. The van der Waals surface area contributed by atoms with Crippen LogP contribution in [0.5, 0.6) is 0 Å². The van der Waals surface area contributed by atoms with E-state index < -0.39 is 0 Å². The zero-order valence-electron chi connectivity index (χ0n) is 17.6. The molecule has 0 aliphatic heterocycles. The first-order chi connectivity index (χ1) is 15.3. The Labute approximate surface area is 184 Å². The number of nitrogens with one attached hydrogen (secondary N) is 1. The Bertz CT molecular complexity index is 1140. The molecule has 0 saturated heterocycles. The first-order valence-electron chi connectivity index (χ1n) is 11.0. The maximum absolute atomic E-state index is 4.91. The molecule has 152 valence electrons. The lowest BCUT2D eigenvalue weighted by Crippen LogP contribution is -2.08. The lowest BCUT2D eigenvalue weighted by atomic mass is 9.95. The van der Waals surface area contributed by atoms with E-state index in [0.29, 0.717) is 0 Å². The van der Waals surface area contributed by atoms with E-state index >= 15 is 0 Å². The molecule has 8 rings (SSSR count). The smallest absolute Gasteiger partial charge is 0.0977 e.